The molecule has 1 aromatic rings. The van der Waals surface area contributed by atoms with Crippen molar-refractivity contribution in [3.05, 3.63) is 29.3 Å². The van der Waals surface area contributed by atoms with Crippen LogP contribution in [0, 0.1) is 0 Å². The first kappa shape index (κ1) is 18.1. The summed E-state index contributed by atoms with van der Waals surface area (Å²) in [5.74, 6) is 0. The average molecular weight is 345 g/mol. The van der Waals surface area contributed by atoms with E-state index in [9.17, 15) is 4.79 Å². The lowest BCUT2D eigenvalue weighted by Gasteiger charge is -2.29. The van der Waals surface area contributed by atoms with Crippen molar-refractivity contribution in [2.24, 2.45) is 0 Å². The summed E-state index contributed by atoms with van der Waals surface area (Å²) in [5, 5.41) is 6.08. The van der Waals surface area contributed by atoms with Crippen molar-refractivity contribution in [3.8, 4) is 0 Å². The predicted octanol–water partition coefficient (Wildman–Crippen LogP) is 2.91. The van der Waals surface area contributed by atoms with Gasteiger partial charge in [0.25, 0.3) is 0 Å². The van der Waals surface area contributed by atoms with Gasteiger partial charge in [-0.2, -0.15) is 0 Å². The Bertz CT molecular complexity index is 617. The SMILES string of the molecule is CN1CCc2cc(C(CNC(=O)NC(C)(C)C)N3CCCC3)ccc21. The van der Waals surface area contributed by atoms with E-state index in [1.807, 2.05) is 20.8 Å². The van der Waals surface area contributed by atoms with Gasteiger partial charge in [0.2, 0.25) is 0 Å². The molecule has 3 rings (SSSR count). The number of hydrogen-bond acceptors (Lipinski definition) is 3. The first-order valence-corrected chi connectivity index (χ1v) is 9.47. The van der Waals surface area contributed by atoms with E-state index in [1.165, 1.54) is 29.7 Å². The third-order valence-corrected chi connectivity index (χ3v) is 5.14. The molecule has 0 spiro atoms. The molecular formula is C20H32N4O. The van der Waals surface area contributed by atoms with E-state index in [0.717, 1.165) is 26.1 Å². The Morgan fingerprint density at radius 1 is 1.20 bits per heavy atom. The number of carbonyl (C=O) groups excluding carboxylic acids is 1. The number of hydrogen-bond donors (Lipinski definition) is 2. The topological polar surface area (TPSA) is 47.6 Å². The number of anilines is 1. The minimum absolute atomic E-state index is 0.0856. The van der Waals surface area contributed by atoms with Gasteiger partial charge in [0.15, 0.2) is 0 Å². The molecule has 2 aliphatic heterocycles. The Balaban J connectivity index is 1.73. The molecule has 2 amide bonds. The fourth-order valence-corrected chi connectivity index (χ4v) is 3.88. The molecule has 25 heavy (non-hydrogen) atoms. The molecule has 5 heteroatoms. The van der Waals surface area contributed by atoms with Crippen LogP contribution < -0.4 is 15.5 Å². The Labute approximate surface area is 151 Å². The highest BCUT2D eigenvalue weighted by molar-refractivity contribution is 5.74. The van der Waals surface area contributed by atoms with Crippen molar-refractivity contribution >= 4 is 11.7 Å². The van der Waals surface area contributed by atoms with E-state index in [2.05, 4.69) is 45.7 Å². The number of likely N-dealkylation sites (tertiary alicyclic amines) is 1. The molecule has 0 aromatic heterocycles. The highest BCUT2D eigenvalue weighted by atomic mass is 16.2. The van der Waals surface area contributed by atoms with Crippen LogP contribution in [0.4, 0.5) is 10.5 Å². The standard InChI is InChI=1S/C20H32N4O/c1-20(2,3)22-19(25)21-14-18(24-10-5-6-11-24)15-7-8-17-16(13-15)9-12-23(17)4/h7-8,13,18H,5-6,9-12,14H2,1-4H3,(H2,21,22,25). The molecule has 0 bridgehead atoms. The molecule has 1 saturated heterocycles. The van der Waals surface area contributed by atoms with E-state index >= 15 is 0 Å². The number of likely N-dealkylation sites (N-methyl/N-ethyl adjacent to an activating group) is 1. The number of amides is 2. The molecule has 2 N–H and O–H groups in total. The molecule has 2 aliphatic rings. The lowest BCUT2D eigenvalue weighted by molar-refractivity contribution is 0.215. The fourth-order valence-electron chi connectivity index (χ4n) is 3.88. The number of carbonyl (C=O) groups is 1. The molecule has 0 radical (unpaired) electrons. The van der Waals surface area contributed by atoms with Gasteiger partial charge in [0, 0.05) is 31.4 Å². The van der Waals surface area contributed by atoms with Gasteiger partial charge in [-0.15, -0.1) is 0 Å². The van der Waals surface area contributed by atoms with Crippen LogP contribution in [0.5, 0.6) is 0 Å². The first-order valence-electron chi connectivity index (χ1n) is 9.47. The number of nitrogens with zero attached hydrogens (tertiary/aromatic N) is 2. The molecule has 1 fully saturated rings. The van der Waals surface area contributed by atoms with Crippen LogP contribution in [0.3, 0.4) is 0 Å². The Morgan fingerprint density at radius 3 is 2.60 bits per heavy atom. The van der Waals surface area contributed by atoms with E-state index < -0.39 is 0 Å². The number of fused-ring (bicyclic) bond motifs is 1. The molecule has 0 aliphatic carbocycles. The molecule has 5 nitrogen and oxygen atoms in total. The Kier molecular flexibility index (Phi) is 5.23. The zero-order valence-corrected chi connectivity index (χ0v) is 16.1. The smallest absolute Gasteiger partial charge is 0.315 e. The summed E-state index contributed by atoms with van der Waals surface area (Å²) >= 11 is 0. The van der Waals surface area contributed by atoms with Gasteiger partial charge >= 0.3 is 6.03 Å². The zero-order chi connectivity index (χ0) is 18.0. The van der Waals surface area contributed by atoms with Gasteiger partial charge in [-0.05, 0) is 70.3 Å². The molecule has 2 heterocycles. The summed E-state index contributed by atoms with van der Waals surface area (Å²) in [4.78, 5) is 17.0. The average Bonchev–Trinajstić information content (AvgIpc) is 3.16. The summed E-state index contributed by atoms with van der Waals surface area (Å²) in [6.45, 7) is 9.98. The van der Waals surface area contributed by atoms with Crippen LogP contribution in [0.1, 0.15) is 50.8 Å². The van der Waals surface area contributed by atoms with Gasteiger partial charge in [-0.25, -0.2) is 4.79 Å². The molecular weight excluding hydrogens is 312 g/mol. The zero-order valence-electron chi connectivity index (χ0n) is 16.1. The second-order valence-electron chi connectivity index (χ2n) is 8.40. The Morgan fingerprint density at radius 2 is 1.92 bits per heavy atom. The van der Waals surface area contributed by atoms with Crippen molar-refractivity contribution in [1.82, 2.24) is 15.5 Å². The molecule has 0 saturated carbocycles. The third kappa shape index (κ3) is 4.46. The third-order valence-electron chi connectivity index (χ3n) is 5.14. The minimum atomic E-state index is -0.217. The van der Waals surface area contributed by atoms with Crippen molar-refractivity contribution in [1.29, 1.82) is 0 Å². The second kappa shape index (κ2) is 7.24. The Hall–Kier alpha value is -1.75. The molecule has 1 aromatic carbocycles. The molecule has 1 atom stereocenters. The van der Waals surface area contributed by atoms with Gasteiger partial charge in [0.05, 0.1) is 6.04 Å². The van der Waals surface area contributed by atoms with Crippen molar-refractivity contribution in [2.45, 2.75) is 51.6 Å². The summed E-state index contributed by atoms with van der Waals surface area (Å²) in [6, 6.07) is 7.01. The van der Waals surface area contributed by atoms with Crippen molar-refractivity contribution in [3.63, 3.8) is 0 Å². The van der Waals surface area contributed by atoms with E-state index in [1.54, 1.807) is 0 Å². The van der Waals surface area contributed by atoms with Crippen molar-refractivity contribution < 1.29 is 4.79 Å². The predicted molar refractivity (Wildman–Crippen MR) is 103 cm³/mol. The number of urea groups is 1. The lowest BCUT2D eigenvalue weighted by atomic mass is 10.0. The monoisotopic (exact) mass is 344 g/mol. The van der Waals surface area contributed by atoms with Gasteiger partial charge in [-0.3, -0.25) is 4.90 Å². The fraction of sp³-hybridized carbons (Fsp3) is 0.650. The van der Waals surface area contributed by atoms with E-state index in [4.69, 9.17) is 0 Å². The van der Waals surface area contributed by atoms with Gasteiger partial charge in [-0.1, -0.05) is 12.1 Å². The van der Waals surface area contributed by atoms with Crippen LogP contribution in [-0.4, -0.2) is 49.7 Å². The maximum Gasteiger partial charge on any atom is 0.315 e. The maximum atomic E-state index is 12.2. The maximum absolute atomic E-state index is 12.2. The quantitative estimate of drug-likeness (QED) is 0.883. The summed E-state index contributed by atoms with van der Waals surface area (Å²) < 4.78 is 0. The second-order valence-corrected chi connectivity index (χ2v) is 8.40. The van der Waals surface area contributed by atoms with Gasteiger partial charge in [0.1, 0.15) is 0 Å². The first-order chi connectivity index (χ1) is 11.8. The summed E-state index contributed by atoms with van der Waals surface area (Å²) in [7, 11) is 2.15. The van der Waals surface area contributed by atoms with Crippen LogP contribution in [-0.2, 0) is 6.42 Å². The summed E-state index contributed by atoms with van der Waals surface area (Å²) in [5.41, 5.74) is 3.89. The van der Waals surface area contributed by atoms with Crippen LogP contribution >= 0.6 is 0 Å². The highest BCUT2D eigenvalue weighted by Gasteiger charge is 2.26. The van der Waals surface area contributed by atoms with E-state index in [0.29, 0.717) is 6.54 Å². The number of benzene rings is 1. The van der Waals surface area contributed by atoms with Crippen LogP contribution in [0.2, 0.25) is 0 Å². The molecule has 138 valence electrons. The lowest BCUT2D eigenvalue weighted by Crippen LogP contribution is -2.48. The normalized spacial score (nSPS) is 19.0. The molecule has 1 unspecified atom stereocenters. The number of nitrogens with one attached hydrogen (secondary N) is 2. The highest BCUT2D eigenvalue weighted by Crippen LogP contribution is 2.32. The number of rotatable bonds is 4. The van der Waals surface area contributed by atoms with E-state index in [-0.39, 0.29) is 17.6 Å². The summed E-state index contributed by atoms with van der Waals surface area (Å²) in [6.07, 6.45) is 3.61. The van der Waals surface area contributed by atoms with Crippen LogP contribution in [0.15, 0.2) is 18.2 Å². The van der Waals surface area contributed by atoms with Gasteiger partial charge < -0.3 is 15.5 Å². The van der Waals surface area contributed by atoms with Crippen molar-refractivity contribution in [2.75, 3.05) is 38.1 Å². The van der Waals surface area contributed by atoms with Crippen LogP contribution in [0.25, 0.3) is 0 Å². The largest absolute Gasteiger partial charge is 0.374 e. The minimum Gasteiger partial charge on any atom is -0.374 e.